The molecule has 0 unspecified atom stereocenters. The first kappa shape index (κ1) is 19.3. The van der Waals surface area contributed by atoms with Gasteiger partial charge in [0, 0.05) is 17.0 Å². The van der Waals surface area contributed by atoms with Crippen molar-refractivity contribution in [1.29, 1.82) is 0 Å². The van der Waals surface area contributed by atoms with Gasteiger partial charge in [0.2, 0.25) is 0 Å². The Morgan fingerprint density at radius 1 is 1.26 bits per heavy atom. The average molecular weight is 403 g/mol. The van der Waals surface area contributed by atoms with E-state index in [0.717, 1.165) is 10.5 Å². The SMILES string of the molecule is Cc1ccc(O[C@@H](C)C(=O)Nc2cc(Cl)ccc2Sc2nncn2C)cc1. The first-order valence-electron chi connectivity index (χ1n) is 8.28. The summed E-state index contributed by atoms with van der Waals surface area (Å²) in [7, 11) is 1.86. The Labute approximate surface area is 166 Å². The molecule has 1 heterocycles. The monoisotopic (exact) mass is 402 g/mol. The van der Waals surface area contributed by atoms with E-state index in [2.05, 4.69) is 15.5 Å². The molecule has 1 N–H and O–H groups in total. The Kier molecular flexibility index (Phi) is 6.03. The second-order valence-electron chi connectivity index (χ2n) is 6.03. The first-order chi connectivity index (χ1) is 12.9. The van der Waals surface area contributed by atoms with Gasteiger partial charge in [-0.15, -0.1) is 10.2 Å². The van der Waals surface area contributed by atoms with Crippen LogP contribution in [0.2, 0.25) is 5.02 Å². The van der Waals surface area contributed by atoms with Gasteiger partial charge in [-0.3, -0.25) is 4.79 Å². The summed E-state index contributed by atoms with van der Waals surface area (Å²) in [4.78, 5) is 13.4. The van der Waals surface area contributed by atoms with Gasteiger partial charge in [0.05, 0.1) is 5.69 Å². The van der Waals surface area contributed by atoms with Crippen molar-refractivity contribution in [1.82, 2.24) is 14.8 Å². The number of ether oxygens (including phenoxy) is 1. The van der Waals surface area contributed by atoms with Crippen molar-refractivity contribution in [2.24, 2.45) is 7.05 Å². The third-order valence-electron chi connectivity index (χ3n) is 3.77. The fraction of sp³-hybridized carbons (Fsp3) is 0.211. The maximum atomic E-state index is 12.6. The van der Waals surface area contributed by atoms with Crippen LogP contribution >= 0.6 is 23.4 Å². The lowest BCUT2D eigenvalue weighted by Gasteiger charge is -2.16. The molecule has 0 bridgehead atoms. The zero-order valence-electron chi connectivity index (χ0n) is 15.1. The largest absolute Gasteiger partial charge is 0.481 e. The van der Waals surface area contributed by atoms with Crippen molar-refractivity contribution >= 4 is 35.0 Å². The zero-order valence-corrected chi connectivity index (χ0v) is 16.7. The van der Waals surface area contributed by atoms with E-state index in [0.29, 0.717) is 21.6 Å². The zero-order chi connectivity index (χ0) is 19.4. The maximum Gasteiger partial charge on any atom is 0.265 e. The fourth-order valence-corrected chi connectivity index (χ4v) is 3.26. The van der Waals surface area contributed by atoms with Crippen LogP contribution in [0.15, 0.2) is 58.8 Å². The van der Waals surface area contributed by atoms with Crippen LogP contribution in [0.25, 0.3) is 0 Å². The van der Waals surface area contributed by atoms with Gasteiger partial charge in [0.25, 0.3) is 5.91 Å². The van der Waals surface area contributed by atoms with Crippen molar-refractivity contribution in [3.8, 4) is 5.75 Å². The van der Waals surface area contributed by atoms with Crippen LogP contribution in [0.5, 0.6) is 5.75 Å². The number of aryl methyl sites for hydroxylation is 2. The number of hydrogen-bond donors (Lipinski definition) is 1. The molecule has 0 aliphatic carbocycles. The summed E-state index contributed by atoms with van der Waals surface area (Å²) >= 11 is 7.50. The van der Waals surface area contributed by atoms with E-state index in [1.165, 1.54) is 11.8 Å². The van der Waals surface area contributed by atoms with Crippen molar-refractivity contribution in [3.63, 3.8) is 0 Å². The molecular weight excluding hydrogens is 384 g/mol. The third kappa shape index (κ3) is 5.02. The highest BCUT2D eigenvalue weighted by atomic mass is 35.5. The lowest BCUT2D eigenvalue weighted by molar-refractivity contribution is -0.122. The molecule has 1 amide bonds. The highest BCUT2D eigenvalue weighted by molar-refractivity contribution is 7.99. The molecule has 1 aromatic heterocycles. The van der Waals surface area contributed by atoms with Crippen LogP contribution in [0.1, 0.15) is 12.5 Å². The molecule has 0 aliphatic rings. The second kappa shape index (κ2) is 8.45. The van der Waals surface area contributed by atoms with Crippen molar-refractivity contribution in [3.05, 3.63) is 59.4 Å². The molecule has 0 fully saturated rings. The number of nitrogens with one attached hydrogen (secondary N) is 1. The maximum absolute atomic E-state index is 12.6. The third-order valence-corrected chi connectivity index (χ3v) is 5.14. The number of rotatable bonds is 6. The Balaban J connectivity index is 1.73. The minimum Gasteiger partial charge on any atom is -0.481 e. The van der Waals surface area contributed by atoms with E-state index in [4.69, 9.17) is 16.3 Å². The number of carbonyl (C=O) groups excluding carboxylic acids is 1. The topological polar surface area (TPSA) is 69.0 Å². The molecule has 8 heteroatoms. The molecule has 0 saturated heterocycles. The Morgan fingerprint density at radius 3 is 2.67 bits per heavy atom. The highest BCUT2D eigenvalue weighted by Gasteiger charge is 2.18. The van der Waals surface area contributed by atoms with Gasteiger partial charge in [0.1, 0.15) is 12.1 Å². The number of halogens is 1. The Bertz CT molecular complexity index is 943. The van der Waals surface area contributed by atoms with Crippen LogP contribution in [0.3, 0.4) is 0 Å². The van der Waals surface area contributed by atoms with E-state index in [1.807, 2.05) is 44.3 Å². The Morgan fingerprint density at radius 2 is 2.00 bits per heavy atom. The first-order valence-corrected chi connectivity index (χ1v) is 9.47. The van der Waals surface area contributed by atoms with Gasteiger partial charge in [-0.2, -0.15) is 0 Å². The van der Waals surface area contributed by atoms with Gasteiger partial charge < -0.3 is 14.6 Å². The van der Waals surface area contributed by atoms with Crippen LogP contribution in [-0.2, 0) is 11.8 Å². The molecular formula is C19H19ClN4O2S. The minimum absolute atomic E-state index is 0.266. The normalized spacial score (nSPS) is 11.9. The number of benzene rings is 2. The number of carbonyl (C=O) groups is 1. The van der Waals surface area contributed by atoms with Crippen LogP contribution in [-0.4, -0.2) is 26.8 Å². The van der Waals surface area contributed by atoms with Gasteiger partial charge in [-0.1, -0.05) is 29.3 Å². The van der Waals surface area contributed by atoms with Gasteiger partial charge in [-0.25, -0.2) is 0 Å². The summed E-state index contributed by atoms with van der Waals surface area (Å²) in [6.07, 6.45) is 0.952. The van der Waals surface area contributed by atoms with E-state index in [9.17, 15) is 4.79 Å². The summed E-state index contributed by atoms with van der Waals surface area (Å²) in [6, 6.07) is 12.9. The number of aromatic nitrogens is 3. The number of anilines is 1. The summed E-state index contributed by atoms with van der Waals surface area (Å²) in [6.45, 7) is 3.70. The second-order valence-corrected chi connectivity index (χ2v) is 7.47. The predicted molar refractivity (Wildman–Crippen MR) is 106 cm³/mol. The van der Waals surface area contributed by atoms with Gasteiger partial charge in [-0.05, 0) is 55.9 Å². The summed E-state index contributed by atoms with van der Waals surface area (Å²) in [5.41, 5.74) is 1.73. The predicted octanol–water partition coefficient (Wildman–Crippen LogP) is 4.33. The molecule has 3 aromatic rings. The highest BCUT2D eigenvalue weighted by Crippen LogP contribution is 2.34. The Hall–Kier alpha value is -2.51. The fourth-order valence-electron chi connectivity index (χ4n) is 2.26. The van der Waals surface area contributed by atoms with Crippen molar-refractivity contribution < 1.29 is 9.53 Å². The average Bonchev–Trinajstić information content (AvgIpc) is 3.04. The van der Waals surface area contributed by atoms with Gasteiger partial charge >= 0.3 is 0 Å². The van der Waals surface area contributed by atoms with Crippen molar-refractivity contribution in [2.75, 3.05) is 5.32 Å². The lowest BCUT2D eigenvalue weighted by Crippen LogP contribution is -2.30. The van der Waals surface area contributed by atoms with Gasteiger partial charge in [0.15, 0.2) is 11.3 Å². The number of amides is 1. The molecule has 27 heavy (non-hydrogen) atoms. The van der Waals surface area contributed by atoms with E-state index >= 15 is 0 Å². The molecule has 1 atom stereocenters. The smallest absolute Gasteiger partial charge is 0.265 e. The van der Waals surface area contributed by atoms with Crippen LogP contribution in [0, 0.1) is 6.92 Å². The number of hydrogen-bond acceptors (Lipinski definition) is 5. The summed E-state index contributed by atoms with van der Waals surface area (Å²) < 4.78 is 7.52. The van der Waals surface area contributed by atoms with E-state index in [1.54, 1.807) is 30.0 Å². The quantitative estimate of drug-likeness (QED) is 0.664. The van der Waals surface area contributed by atoms with E-state index < -0.39 is 6.10 Å². The van der Waals surface area contributed by atoms with E-state index in [-0.39, 0.29) is 5.91 Å². The molecule has 0 radical (unpaired) electrons. The molecule has 6 nitrogen and oxygen atoms in total. The lowest BCUT2D eigenvalue weighted by atomic mass is 10.2. The molecule has 0 aliphatic heterocycles. The summed E-state index contributed by atoms with van der Waals surface area (Å²) in [5.74, 6) is 0.376. The molecule has 0 saturated carbocycles. The van der Waals surface area contributed by atoms with Crippen molar-refractivity contribution in [2.45, 2.75) is 30.0 Å². The molecule has 3 rings (SSSR count). The van der Waals surface area contributed by atoms with Crippen LogP contribution in [0.4, 0.5) is 5.69 Å². The number of nitrogens with zero attached hydrogens (tertiary/aromatic N) is 3. The molecule has 2 aromatic carbocycles. The minimum atomic E-state index is -0.667. The molecule has 0 spiro atoms. The molecule has 140 valence electrons. The standard InChI is InChI=1S/C19H19ClN4O2S/c1-12-4-7-15(8-5-12)26-13(2)18(25)22-16-10-14(20)6-9-17(16)27-19-23-21-11-24(19)3/h4-11,13H,1-3H3,(H,22,25)/t13-/m0/s1. The van der Waals surface area contributed by atoms with Crippen LogP contribution < -0.4 is 10.1 Å². The summed E-state index contributed by atoms with van der Waals surface area (Å²) in [5, 5.41) is 12.0.